The van der Waals surface area contributed by atoms with Crippen LogP contribution < -0.4 is 15.8 Å². The van der Waals surface area contributed by atoms with Crippen LogP contribution in [0.3, 0.4) is 0 Å². The van der Waals surface area contributed by atoms with E-state index in [-0.39, 0.29) is 12.2 Å². The summed E-state index contributed by atoms with van der Waals surface area (Å²) in [5.41, 5.74) is 6.72. The Bertz CT molecular complexity index is 1060. The maximum absolute atomic E-state index is 13.9. The molecule has 4 N–H and O–H groups in total. The molecule has 1 aliphatic carbocycles. The minimum Gasteiger partial charge on any atom is -0.488 e. The van der Waals surface area contributed by atoms with Gasteiger partial charge in [0, 0.05) is 6.07 Å². The molecular formula is C20H21FN4O3S. The number of carbonyl (C=O) groups excluding carboxylic acids is 1. The van der Waals surface area contributed by atoms with E-state index in [4.69, 9.17) is 10.5 Å². The minimum absolute atomic E-state index is 0.0875. The van der Waals surface area contributed by atoms with Crippen molar-refractivity contribution in [2.24, 2.45) is 5.73 Å². The van der Waals surface area contributed by atoms with E-state index in [0.29, 0.717) is 63.6 Å². The molecule has 1 aliphatic rings. The highest BCUT2D eigenvalue weighted by molar-refractivity contribution is 7.20. The number of hydrogen-bond donors (Lipinski definition) is 3. The van der Waals surface area contributed by atoms with E-state index in [2.05, 4.69) is 15.3 Å². The summed E-state index contributed by atoms with van der Waals surface area (Å²) in [4.78, 5) is 21.3. The van der Waals surface area contributed by atoms with Gasteiger partial charge in [0.15, 0.2) is 0 Å². The lowest BCUT2D eigenvalue weighted by molar-refractivity contribution is 0.0668. The average Bonchev–Trinajstić information content (AvgIpc) is 3.04. The Balaban J connectivity index is 1.67. The summed E-state index contributed by atoms with van der Waals surface area (Å²) in [5, 5.41) is 13.6. The lowest BCUT2D eigenvalue weighted by Crippen LogP contribution is -2.26. The molecule has 1 fully saturated rings. The largest absolute Gasteiger partial charge is 0.488 e. The fourth-order valence-electron chi connectivity index (χ4n) is 3.57. The Morgan fingerprint density at radius 3 is 2.79 bits per heavy atom. The number of nitrogens with zero attached hydrogens (tertiary/aromatic N) is 2. The number of amides is 1. The number of aryl methyl sites for hydroxylation is 1. The van der Waals surface area contributed by atoms with E-state index in [1.54, 1.807) is 13.0 Å². The van der Waals surface area contributed by atoms with E-state index in [9.17, 15) is 14.3 Å². The summed E-state index contributed by atoms with van der Waals surface area (Å²) in [6.07, 6.45) is 3.77. The first kappa shape index (κ1) is 19.5. The number of thiophene rings is 1. The molecule has 9 heteroatoms. The lowest BCUT2D eigenvalue weighted by atomic mass is 9.95. The van der Waals surface area contributed by atoms with Crippen LogP contribution in [0.15, 0.2) is 24.5 Å². The third kappa shape index (κ3) is 4.01. The second kappa shape index (κ2) is 7.92. The number of primary amides is 1. The molecule has 7 nitrogen and oxygen atoms in total. The van der Waals surface area contributed by atoms with Gasteiger partial charge >= 0.3 is 0 Å². The number of aliphatic hydroxyl groups is 1. The van der Waals surface area contributed by atoms with Crippen LogP contribution in [0.2, 0.25) is 0 Å². The van der Waals surface area contributed by atoms with Crippen LogP contribution in [0, 0.1) is 12.7 Å². The van der Waals surface area contributed by atoms with Gasteiger partial charge < -0.3 is 20.9 Å². The minimum atomic E-state index is -0.512. The van der Waals surface area contributed by atoms with E-state index >= 15 is 0 Å². The highest BCUT2D eigenvalue weighted by atomic mass is 32.1. The van der Waals surface area contributed by atoms with Crippen molar-refractivity contribution in [1.29, 1.82) is 0 Å². The number of carbonyl (C=O) groups is 1. The smallest absolute Gasteiger partial charge is 0.259 e. The molecule has 29 heavy (non-hydrogen) atoms. The molecule has 0 atom stereocenters. The molecule has 0 aliphatic heterocycles. The molecule has 0 bridgehead atoms. The van der Waals surface area contributed by atoms with Crippen LogP contribution in [0.4, 0.5) is 15.9 Å². The predicted molar refractivity (Wildman–Crippen MR) is 109 cm³/mol. The van der Waals surface area contributed by atoms with Gasteiger partial charge in [-0.15, -0.1) is 11.3 Å². The van der Waals surface area contributed by atoms with Crippen molar-refractivity contribution in [3.05, 3.63) is 40.8 Å². The highest BCUT2D eigenvalue weighted by Crippen LogP contribution is 2.37. The molecule has 0 saturated heterocycles. The Labute approximate surface area is 170 Å². The van der Waals surface area contributed by atoms with Gasteiger partial charge in [0.1, 0.15) is 28.5 Å². The molecule has 4 rings (SSSR count). The number of aromatic nitrogens is 2. The zero-order valence-corrected chi connectivity index (χ0v) is 16.6. The van der Waals surface area contributed by atoms with Crippen LogP contribution in [0.25, 0.3) is 10.2 Å². The van der Waals surface area contributed by atoms with Crippen molar-refractivity contribution in [3.8, 4) is 5.75 Å². The molecule has 3 aromatic rings. The molecule has 2 heterocycles. The number of benzene rings is 1. The summed E-state index contributed by atoms with van der Waals surface area (Å²) in [7, 11) is 0. The van der Waals surface area contributed by atoms with E-state index in [1.165, 1.54) is 29.8 Å². The number of fused-ring (bicyclic) bond motifs is 1. The van der Waals surface area contributed by atoms with E-state index in [0.717, 1.165) is 0 Å². The van der Waals surface area contributed by atoms with Gasteiger partial charge in [-0.1, -0.05) is 0 Å². The molecule has 0 unspecified atom stereocenters. The van der Waals surface area contributed by atoms with Gasteiger partial charge in [-0.05, 0) is 50.3 Å². The third-order valence-electron chi connectivity index (χ3n) is 5.08. The van der Waals surface area contributed by atoms with Gasteiger partial charge in [-0.3, -0.25) is 4.79 Å². The van der Waals surface area contributed by atoms with Gasteiger partial charge in [0.05, 0.1) is 28.2 Å². The number of aliphatic hydroxyl groups excluding tert-OH is 1. The van der Waals surface area contributed by atoms with Crippen molar-refractivity contribution in [2.75, 3.05) is 5.32 Å². The van der Waals surface area contributed by atoms with Crippen molar-refractivity contribution in [1.82, 2.24) is 9.97 Å². The van der Waals surface area contributed by atoms with E-state index in [1.807, 2.05) is 0 Å². The van der Waals surface area contributed by atoms with Gasteiger partial charge in [-0.2, -0.15) is 0 Å². The number of nitrogens with one attached hydrogen (secondary N) is 1. The standard InChI is InChI=1S/C20H21FN4O3S/c1-10-16-19(23-9-24-20(16)29-17(10)18(22)27)25-14-7-2-11(21)8-15(14)28-13-5-3-12(26)4-6-13/h2,7-9,12-13,26H,3-6H2,1H3,(H2,22,27)(H,23,24,25)/t12-,13+. The SMILES string of the molecule is Cc1c(C(N)=O)sc2ncnc(Nc3ccc(F)cc3O[C@H]3CC[C@@H](O)CC3)c12. The first-order chi connectivity index (χ1) is 13.9. The van der Waals surface area contributed by atoms with Crippen LogP contribution in [-0.2, 0) is 0 Å². The molecule has 152 valence electrons. The summed E-state index contributed by atoms with van der Waals surface area (Å²) in [6.45, 7) is 1.79. The number of halogens is 1. The second-order valence-electron chi connectivity index (χ2n) is 7.14. The number of anilines is 2. The maximum atomic E-state index is 13.9. The predicted octanol–water partition coefficient (Wildman–Crippen LogP) is 3.66. The fraction of sp³-hybridized carbons (Fsp3) is 0.350. The summed E-state index contributed by atoms with van der Waals surface area (Å²) in [5.74, 6) is -0.0494. The summed E-state index contributed by atoms with van der Waals surface area (Å²) < 4.78 is 19.9. The molecule has 1 saturated carbocycles. The number of ether oxygens (including phenoxy) is 1. The number of rotatable bonds is 5. The van der Waals surface area contributed by atoms with Crippen LogP contribution in [0.1, 0.15) is 40.9 Å². The Kier molecular flexibility index (Phi) is 5.33. The Morgan fingerprint density at radius 1 is 1.31 bits per heavy atom. The molecule has 0 spiro atoms. The van der Waals surface area contributed by atoms with Crippen molar-refractivity contribution in [3.63, 3.8) is 0 Å². The molecular weight excluding hydrogens is 395 g/mol. The number of nitrogens with two attached hydrogens (primary N) is 1. The van der Waals surface area contributed by atoms with Crippen LogP contribution in [0.5, 0.6) is 5.75 Å². The molecule has 2 aromatic heterocycles. The number of hydrogen-bond acceptors (Lipinski definition) is 7. The van der Waals surface area contributed by atoms with E-state index < -0.39 is 11.7 Å². The van der Waals surface area contributed by atoms with Gasteiger partial charge in [0.2, 0.25) is 0 Å². The second-order valence-corrected chi connectivity index (χ2v) is 8.14. The molecule has 1 amide bonds. The third-order valence-corrected chi connectivity index (χ3v) is 6.30. The maximum Gasteiger partial charge on any atom is 0.259 e. The monoisotopic (exact) mass is 416 g/mol. The zero-order valence-electron chi connectivity index (χ0n) is 15.8. The highest BCUT2D eigenvalue weighted by Gasteiger charge is 2.23. The van der Waals surface area contributed by atoms with Crippen molar-refractivity contribution in [2.45, 2.75) is 44.8 Å². The quantitative estimate of drug-likeness (QED) is 0.585. The van der Waals surface area contributed by atoms with Gasteiger partial charge in [0.25, 0.3) is 5.91 Å². The lowest BCUT2D eigenvalue weighted by Gasteiger charge is -2.27. The molecule has 0 radical (unpaired) electrons. The van der Waals surface area contributed by atoms with Crippen LogP contribution in [-0.4, -0.2) is 33.2 Å². The topological polar surface area (TPSA) is 110 Å². The molecule has 1 aromatic carbocycles. The summed E-state index contributed by atoms with van der Waals surface area (Å²) in [6, 6.07) is 4.27. The van der Waals surface area contributed by atoms with Crippen molar-refractivity contribution < 1.29 is 19.0 Å². The average molecular weight is 416 g/mol. The Morgan fingerprint density at radius 2 is 2.07 bits per heavy atom. The summed E-state index contributed by atoms with van der Waals surface area (Å²) >= 11 is 1.21. The van der Waals surface area contributed by atoms with Crippen molar-refractivity contribution >= 4 is 39.0 Å². The zero-order chi connectivity index (χ0) is 20.5. The fourth-order valence-corrected chi connectivity index (χ4v) is 4.57. The van der Waals surface area contributed by atoms with Crippen LogP contribution >= 0.6 is 11.3 Å². The normalized spacial score (nSPS) is 19.3. The van der Waals surface area contributed by atoms with Gasteiger partial charge in [-0.25, -0.2) is 14.4 Å². The first-order valence-corrected chi connectivity index (χ1v) is 10.2. The Hall–Kier alpha value is -2.78. The first-order valence-electron chi connectivity index (χ1n) is 9.37.